The molecule has 0 spiro atoms. The Morgan fingerprint density at radius 2 is 1.83 bits per heavy atom. The van der Waals surface area contributed by atoms with Crippen LogP contribution in [0.4, 0.5) is 9.18 Å². The Labute approximate surface area is 137 Å². The predicted molar refractivity (Wildman–Crippen MR) is 88.1 cm³/mol. The average molecular weight is 320 g/mol. The summed E-state index contributed by atoms with van der Waals surface area (Å²) in [5.74, 6) is -0.315. The molecule has 1 aromatic carbocycles. The van der Waals surface area contributed by atoms with Crippen LogP contribution in [0.2, 0.25) is 0 Å². The fourth-order valence-electron chi connectivity index (χ4n) is 3.06. The molecule has 1 saturated heterocycles. The first-order valence-corrected chi connectivity index (χ1v) is 8.32. The first-order valence-electron chi connectivity index (χ1n) is 8.32. The van der Waals surface area contributed by atoms with Gasteiger partial charge in [-0.3, -0.25) is 4.79 Å². The van der Waals surface area contributed by atoms with Gasteiger partial charge in [-0.2, -0.15) is 0 Å². The van der Waals surface area contributed by atoms with E-state index in [2.05, 4.69) is 0 Å². The molecule has 1 aliphatic rings. The molecule has 2 amide bonds. The molecule has 1 fully saturated rings. The summed E-state index contributed by atoms with van der Waals surface area (Å²) in [4.78, 5) is 28.5. The quantitative estimate of drug-likeness (QED) is 0.797. The summed E-state index contributed by atoms with van der Waals surface area (Å²) >= 11 is 0. The van der Waals surface area contributed by atoms with Gasteiger partial charge in [0.15, 0.2) is 5.78 Å². The van der Waals surface area contributed by atoms with Gasteiger partial charge in [0.25, 0.3) is 0 Å². The number of ketones is 1. The van der Waals surface area contributed by atoms with E-state index in [1.165, 1.54) is 6.07 Å². The van der Waals surface area contributed by atoms with Gasteiger partial charge in [-0.15, -0.1) is 0 Å². The molecule has 4 nitrogen and oxygen atoms in total. The Hall–Kier alpha value is -1.91. The van der Waals surface area contributed by atoms with Gasteiger partial charge in [-0.25, -0.2) is 9.18 Å². The maximum Gasteiger partial charge on any atom is 0.319 e. The maximum absolute atomic E-state index is 13.3. The zero-order chi connectivity index (χ0) is 17.0. The van der Waals surface area contributed by atoms with Crippen molar-refractivity contribution in [3.8, 4) is 0 Å². The summed E-state index contributed by atoms with van der Waals surface area (Å²) in [6.45, 7) is 8.20. The molecule has 1 heterocycles. The summed E-state index contributed by atoms with van der Waals surface area (Å²) in [5, 5.41) is 0. The fourth-order valence-corrected chi connectivity index (χ4v) is 3.06. The molecular weight excluding hydrogens is 295 g/mol. The average Bonchev–Trinajstić information content (AvgIpc) is 2.58. The van der Waals surface area contributed by atoms with Crippen molar-refractivity contribution in [2.75, 3.05) is 26.2 Å². The lowest BCUT2D eigenvalue weighted by Gasteiger charge is -2.34. The van der Waals surface area contributed by atoms with Crippen molar-refractivity contribution >= 4 is 11.8 Å². The highest BCUT2D eigenvalue weighted by molar-refractivity contribution is 5.98. The van der Waals surface area contributed by atoms with Gasteiger partial charge in [-0.05, 0) is 57.4 Å². The lowest BCUT2D eigenvalue weighted by molar-refractivity contribution is 0.0836. The summed E-state index contributed by atoms with van der Waals surface area (Å²) in [5.41, 5.74) is 1.06. The number of Topliss-reactive ketones (excluding diaryl/α,β-unsaturated/α-hetero) is 1. The minimum absolute atomic E-state index is 0.0542. The van der Waals surface area contributed by atoms with Crippen molar-refractivity contribution < 1.29 is 14.0 Å². The van der Waals surface area contributed by atoms with Crippen LogP contribution in [0.5, 0.6) is 0 Å². The van der Waals surface area contributed by atoms with E-state index < -0.39 is 0 Å². The van der Waals surface area contributed by atoms with E-state index in [0.717, 1.165) is 0 Å². The Morgan fingerprint density at radius 3 is 2.35 bits per heavy atom. The number of nitrogens with zero attached hydrogens (tertiary/aromatic N) is 2. The highest BCUT2D eigenvalue weighted by atomic mass is 19.1. The van der Waals surface area contributed by atoms with Gasteiger partial charge in [0, 0.05) is 37.7 Å². The smallest absolute Gasteiger partial charge is 0.319 e. The van der Waals surface area contributed by atoms with Crippen LogP contribution in [-0.4, -0.2) is 47.8 Å². The molecule has 2 rings (SSSR count). The van der Waals surface area contributed by atoms with Crippen LogP contribution < -0.4 is 0 Å². The molecule has 0 atom stereocenters. The van der Waals surface area contributed by atoms with Crippen LogP contribution in [0.3, 0.4) is 0 Å². The lowest BCUT2D eigenvalue weighted by Crippen LogP contribution is -2.47. The second-order valence-corrected chi connectivity index (χ2v) is 6.04. The van der Waals surface area contributed by atoms with Crippen LogP contribution in [0.15, 0.2) is 18.2 Å². The Balaban J connectivity index is 1.97. The van der Waals surface area contributed by atoms with Crippen molar-refractivity contribution in [1.29, 1.82) is 0 Å². The summed E-state index contributed by atoms with van der Waals surface area (Å²) in [6, 6.07) is 4.57. The Bertz CT molecular complexity index is 576. The molecule has 0 unspecified atom stereocenters. The SMILES string of the molecule is CCN(CC)C(=O)N1CCC(C(=O)c2ccc(F)c(C)c2)CC1. The number of rotatable bonds is 4. The molecule has 0 aromatic heterocycles. The molecule has 1 aromatic rings. The van der Waals surface area contributed by atoms with Crippen molar-refractivity contribution in [3.63, 3.8) is 0 Å². The van der Waals surface area contributed by atoms with Gasteiger partial charge >= 0.3 is 6.03 Å². The minimum atomic E-state index is -0.291. The molecule has 5 heteroatoms. The number of carbonyl (C=O) groups is 2. The number of aryl methyl sites for hydroxylation is 1. The second-order valence-electron chi connectivity index (χ2n) is 6.04. The lowest BCUT2D eigenvalue weighted by atomic mass is 9.88. The predicted octanol–water partition coefficient (Wildman–Crippen LogP) is 3.49. The van der Waals surface area contributed by atoms with Crippen molar-refractivity contribution in [1.82, 2.24) is 9.80 Å². The molecule has 0 N–H and O–H groups in total. The standard InChI is InChI=1S/C18H25FN2O2/c1-4-20(5-2)18(23)21-10-8-14(9-11-21)17(22)15-6-7-16(19)13(3)12-15/h6-7,12,14H,4-5,8-11H2,1-3H3. The number of urea groups is 1. The Morgan fingerprint density at radius 1 is 1.22 bits per heavy atom. The monoisotopic (exact) mass is 320 g/mol. The van der Waals surface area contributed by atoms with Gasteiger partial charge in [0.05, 0.1) is 0 Å². The largest absolute Gasteiger partial charge is 0.325 e. The van der Waals surface area contributed by atoms with Crippen LogP contribution in [0, 0.1) is 18.7 Å². The van der Waals surface area contributed by atoms with E-state index in [-0.39, 0.29) is 23.5 Å². The number of benzene rings is 1. The van der Waals surface area contributed by atoms with E-state index in [4.69, 9.17) is 0 Å². The van der Waals surface area contributed by atoms with E-state index in [1.807, 2.05) is 18.7 Å². The maximum atomic E-state index is 13.3. The summed E-state index contributed by atoms with van der Waals surface area (Å²) in [6.07, 6.45) is 1.34. The molecule has 0 saturated carbocycles. The molecule has 23 heavy (non-hydrogen) atoms. The van der Waals surface area contributed by atoms with Gasteiger partial charge in [0.2, 0.25) is 0 Å². The number of amides is 2. The number of halogens is 1. The van der Waals surface area contributed by atoms with Crippen LogP contribution in [0.25, 0.3) is 0 Å². The number of hydrogen-bond acceptors (Lipinski definition) is 2. The molecule has 0 radical (unpaired) electrons. The normalized spacial score (nSPS) is 15.6. The minimum Gasteiger partial charge on any atom is -0.325 e. The second kappa shape index (κ2) is 7.57. The Kier molecular flexibility index (Phi) is 5.74. The number of hydrogen-bond donors (Lipinski definition) is 0. The zero-order valence-electron chi connectivity index (χ0n) is 14.1. The van der Waals surface area contributed by atoms with Crippen molar-refractivity contribution in [2.45, 2.75) is 33.6 Å². The van der Waals surface area contributed by atoms with Gasteiger partial charge in [0.1, 0.15) is 5.82 Å². The van der Waals surface area contributed by atoms with Crippen molar-refractivity contribution in [2.24, 2.45) is 5.92 Å². The zero-order valence-corrected chi connectivity index (χ0v) is 14.1. The first-order chi connectivity index (χ1) is 11.0. The van der Waals surface area contributed by atoms with Crippen molar-refractivity contribution in [3.05, 3.63) is 35.1 Å². The number of carbonyl (C=O) groups excluding carboxylic acids is 2. The van der Waals surface area contributed by atoms with Crippen LogP contribution in [0.1, 0.15) is 42.6 Å². The van der Waals surface area contributed by atoms with Crippen LogP contribution in [-0.2, 0) is 0 Å². The molecule has 0 bridgehead atoms. The third-order valence-electron chi connectivity index (χ3n) is 4.61. The van der Waals surface area contributed by atoms with Gasteiger partial charge in [-0.1, -0.05) is 0 Å². The fraction of sp³-hybridized carbons (Fsp3) is 0.556. The summed E-state index contributed by atoms with van der Waals surface area (Å²) in [7, 11) is 0. The van der Waals surface area contributed by atoms with E-state index in [0.29, 0.717) is 50.1 Å². The number of likely N-dealkylation sites (tertiary alicyclic amines) is 1. The van der Waals surface area contributed by atoms with E-state index >= 15 is 0 Å². The third kappa shape index (κ3) is 3.89. The first kappa shape index (κ1) is 17.4. The third-order valence-corrected chi connectivity index (χ3v) is 4.61. The molecule has 1 aliphatic heterocycles. The van der Waals surface area contributed by atoms with E-state index in [9.17, 15) is 14.0 Å². The van der Waals surface area contributed by atoms with E-state index in [1.54, 1.807) is 24.0 Å². The molecule has 0 aliphatic carbocycles. The summed E-state index contributed by atoms with van der Waals surface area (Å²) < 4.78 is 13.3. The number of piperidine rings is 1. The highest BCUT2D eigenvalue weighted by Crippen LogP contribution is 2.23. The molecule has 126 valence electrons. The van der Waals surface area contributed by atoms with Crippen LogP contribution >= 0.6 is 0 Å². The molecular formula is C18H25FN2O2. The van der Waals surface area contributed by atoms with Gasteiger partial charge < -0.3 is 9.80 Å². The highest BCUT2D eigenvalue weighted by Gasteiger charge is 2.29. The topological polar surface area (TPSA) is 40.6 Å².